The van der Waals surface area contributed by atoms with E-state index in [1.54, 1.807) is 25.1 Å². The molecular weight excluding hydrogens is 330 g/mol. The summed E-state index contributed by atoms with van der Waals surface area (Å²) in [5, 5.41) is 27.3. The zero-order valence-corrected chi connectivity index (χ0v) is 13.9. The summed E-state index contributed by atoms with van der Waals surface area (Å²) in [6.07, 6.45) is 3.01. The summed E-state index contributed by atoms with van der Waals surface area (Å²) in [4.78, 5) is 13.6. The lowest BCUT2D eigenvalue weighted by Crippen LogP contribution is -2.33. The summed E-state index contributed by atoms with van der Waals surface area (Å²) in [6, 6.07) is 3.11. The van der Waals surface area contributed by atoms with Gasteiger partial charge in [-0.3, -0.25) is 4.90 Å². The van der Waals surface area contributed by atoms with Gasteiger partial charge in [-0.2, -0.15) is 0 Å². The zero-order valence-electron chi connectivity index (χ0n) is 13.1. The van der Waals surface area contributed by atoms with E-state index in [9.17, 15) is 9.90 Å². The molecule has 0 unspecified atom stereocenters. The van der Waals surface area contributed by atoms with Crippen LogP contribution in [0.15, 0.2) is 28.4 Å². The van der Waals surface area contributed by atoms with Crippen molar-refractivity contribution in [1.29, 1.82) is 0 Å². The zero-order chi connectivity index (χ0) is 17.1. The van der Waals surface area contributed by atoms with Crippen LogP contribution in [0.4, 0.5) is 21.3 Å². The Morgan fingerprint density at radius 1 is 1.42 bits per heavy atom. The van der Waals surface area contributed by atoms with Crippen molar-refractivity contribution >= 4 is 40.0 Å². The van der Waals surface area contributed by atoms with Crippen LogP contribution in [0.1, 0.15) is 17.5 Å². The first-order valence-electron chi connectivity index (χ1n) is 7.28. The average Bonchev–Trinajstić information content (AvgIpc) is 2.99. The van der Waals surface area contributed by atoms with Crippen LogP contribution in [0, 0.1) is 6.92 Å². The van der Waals surface area contributed by atoms with Crippen molar-refractivity contribution < 1.29 is 14.6 Å². The molecule has 0 saturated heterocycles. The molecule has 1 aromatic heterocycles. The standard InChI is InChI=1S/C15H15N5O3S/c1-3-23-15(22)20-8-4-5-10-12(21)7-6-11(13(10)20)17-19-14-18-16-9(2)24-14/h4-7,21H,3,8H2,1-2H3. The van der Waals surface area contributed by atoms with Crippen LogP contribution in [-0.4, -0.2) is 34.5 Å². The Kier molecular flexibility index (Phi) is 4.52. The van der Waals surface area contributed by atoms with Crippen molar-refractivity contribution in [1.82, 2.24) is 10.2 Å². The number of anilines is 1. The minimum absolute atomic E-state index is 0.0564. The summed E-state index contributed by atoms with van der Waals surface area (Å²) in [5.74, 6) is 0.0564. The summed E-state index contributed by atoms with van der Waals surface area (Å²) >= 11 is 1.31. The highest BCUT2D eigenvalue weighted by Crippen LogP contribution is 2.41. The largest absolute Gasteiger partial charge is 0.507 e. The normalized spacial score (nSPS) is 13.3. The van der Waals surface area contributed by atoms with Crippen molar-refractivity contribution in [3.63, 3.8) is 0 Å². The van der Waals surface area contributed by atoms with Crippen LogP contribution >= 0.6 is 11.3 Å². The maximum atomic E-state index is 12.2. The number of carbonyl (C=O) groups excluding carboxylic acids is 1. The van der Waals surface area contributed by atoms with E-state index < -0.39 is 6.09 Å². The highest BCUT2D eigenvalue weighted by molar-refractivity contribution is 7.14. The first-order chi connectivity index (χ1) is 11.6. The topological polar surface area (TPSA) is 100 Å². The van der Waals surface area contributed by atoms with Crippen LogP contribution in [0.2, 0.25) is 0 Å². The van der Waals surface area contributed by atoms with Crippen LogP contribution in [-0.2, 0) is 4.74 Å². The average molecular weight is 345 g/mol. The van der Waals surface area contributed by atoms with Gasteiger partial charge in [-0.1, -0.05) is 23.5 Å². The van der Waals surface area contributed by atoms with Crippen molar-refractivity contribution in [2.24, 2.45) is 10.2 Å². The molecular formula is C15H15N5O3S. The molecule has 0 fully saturated rings. The van der Waals surface area contributed by atoms with E-state index >= 15 is 0 Å². The number of rotatable bonds is 3. The molecule has 9 heteroatoms. The van der Waals surface area contributed by atoms with E-state index in [1.807, 2.05) is 6.92 Å². The summed E-state index contributed by atoms with van der Waals surface area (Å²) in [5.41, 5.74) is 1.40. The van der Waals surface area contributed by atoms with Crippen molar-refractivity contribution in [2.75, 3.05) is 18.1 Å². The molecule has 1 aromatic carbocycles. The molecule has 1 amide bonds. The molecule has 24 heavy (non-hydrogen) atoms. The Morgan fingerprint density at radius 2 is 2.25 bits per heavy atom. The Morgan fingerprint density at radius 3 is 2.96 bits per heavy atom. The lowest BCUT2D eigenvalue weighted by Gasteiger charge is -2.26. The smallest absolute Gasteiger partial charge is 0.414 e. The number of aryl methyl sites for hydroxylation is 1. The van der Waals surface area contributed by atoms with Gasteiger partial charge in [0.15, 0.2) is 0 Å². The fourth-order valence-electron chi connectivity index (χ4n) is 2.27. The van der Waals surface area contributed by atoms with E-state index in [1.165, 1.54) is 22.3 Å². The molecule has 0 atom stereocenters. The van der Waals surface area contributed by atoms with Crippen molar-refractivity contribution in [3.05, 3.63) is 28.8 Å². The number of benzene rings is 1. The number of amides is 1. The van der Waals surface area contributed by atoms with Gasteiger partial charge >= 0.3 is 6.09 Å². The number of carbonyl (C=O) groups is 1. The summed E-state index contributed by atoms with van der Waals surface area (Å²) in [6.45, 7) is 4.15. The number of hydrogen-bond acceptors (Lipinski definition) is 8. The van der Waals surface area contributed by atoms with E-state index in [-0.39, 0.29) is 12.4 Å². The minimum Gasteiger partial charge on any atom is -0.507 e. The van der Waals surface area contributed by atoms with Crippen LogP contribution in [0.3, 0.4) is 0 Å². The Balaban J connectivity index is 2.03. The van der Waals surface area contributed by atoms with Gasteiger partial charge in [-0.05, 0) is 26.0 Å². The number of nitrogens with zero attached hydrogens (tertiary/aromatic N) is 5. The predicted octanol–water partition coefficient (Wildman–Crippen LogP) is 3.96. The fourth-order valence-corrected chi connectivity index (χ4v) is 2.78. The van der Waals surface area contributed by atoms with E-state index in [0.29, 0.717) is 28.6 Å². The van der Waals surface area contributed by atoms with Gasteiger partial charge in [0, 0.05) is 12.1 Å². The molecule has 0 radical (unpaired) electrons. The number of phenols is 1. The molecule has 0 spiro atoms. The van der Waals surface area contributed by atoms with E-state index in [4.69, 9.17) is 4.74 Å². The summed E-state index contributed by atoms with van der Waals surface area (Å²) < 4.78 is 5.08. The fraction of sp³-hybridized carbons (Fsp3) is 0.267. The Bertz CT molecular complexity index is 831. The molecule has 8 nitrogen and oxygen atoms in total. The Labute approximate surface area is 142 Å². The molecule has 124 valence electrons. The van der Waals surface area contributed by atoms with Crippen LogP contribution < -0.4 is 4.90 Å². The molecule has 0 aliphatic carbocycles. The number of fused-ring (bicyclic) bond motifs is 1. The van der Waals surface area contributed by atoms with Crippen LogP contribution in [0.25, 0.3) is 6.08 Å². The van der Waals surface area contributed by atoms with Gasteiger partial charge in [-0.25, -0.2) is 4.79 Å². The van der Waals surface area contributed by atoms with E-state index in [0.717, 1.165) is 5.01 Å². The second-order valence-electron chi connectivity index (χ2n) is 4.88. The highest BCUT2D eigenvalue weighted by atomic mass is 32.1. The van der Waals surface area contributed by atoms with Gasteiger partial charge < -0.3 is 9.84 Å². The van der Waals surface area contributed by atoms with E-state index in [2.05, 4.69) is 20.4 Å². The molecule has 2 aromatic rings. The second kappa shape index (κ2) is 6.75. The number of aromatic hydroxyl groups is 1. The van der Waals surface area contributed by atoms with Gasteiger partial charge in [0.2, 0.25) is 0 Å². The molecule has 2 heterocycles. The molecule has 1 aliphatic heterocycles. The molecule has 1 N–H and O–H groups in total. The third-order valence-electron chi connectivity index (χ3n) is 3.26. The Hall–Kier alpha value is -2.81. The monoisotopic (exact) mass is 345 g/mol. The number of phenolic OH excluding ortho intramolecular Hbond substituents is 1. The third-order valence-corrected chi connectivity index (χ3v) is 3.98. The van der Waals surface area contributed by atoms with Crippen LogP contribution in [0.5, 0.6) is 5.75 Å². The van der Waals surface area contributed by atoms with Gasteiger partial charge in [0.25, 0.3) is 5.13 Å². The number of ether oxygens (including phenoxy) is 1. The first-order valence-corrected chi connectivity index (χ1v) is 8.10. The SMILES string of the molecule is CCOC(=O)N1CC=Cc2c(O)ccc(N=Nc3nnc(C)s3)c21. The van der Waals surface area contributed by atoms with Gasteiger partial charge in [0.05, 0.1) is 12.3 Å². The minimum atomic E-state index is -0.503. The number of aromatic nitrogens is 2. The summed E-state index contributed by atoms with van der Waals surface area (Å²) in [7, 11) is 0. The second-order valence-corrected chi connectivity index (χ2v) is 6.04. The number of hydrogen-bond donors (Lipinski definition) is 1. The molecule has 1 aliphatic rings. The maximum absolute atomic E-state index is 12.2. The molecule has 0 bridgehead atoms. The van der Waals surface area contributed by atoms with Crippen molar-refractivity contribution in [2.45, 2.75) is 13.8 Å². The molecule has 3 rings (SSSR count). The third kappa shape index (κ3) is 3.11. The number of azo groups is 1. The first kappa shape index (κ1) is 16.1. The molecule has 0 saturated carbocycles. The van der Waals surface area contributed by atoms with Crippen molar-refractivity contribution in [3.8, 4) is 5.75 Å². The highest BCUT2D eigenvalue weighted by Gasteiger charge is 2.26. The maximum Gasteiger partial charge on any atom is 0.414 e. The quantitative estimate of drug-likeness (QED) is 0.849. The lowest BCUT2D eigenvalue weighted by molar-refractivity contribution is 0.160. The predicted molar refractivity (Wildman–Crippen MR) is 90.3 cm³/mol. The lowest BCUT2D eigenvalue weighted by atomic mass is 10.1. The van der Waals surface area contributed by atoms with Gasteiger partial charge in [-0.15, -0.1) is 20.4 Å². The van der Waals surface area contributed by atoms with Gasteiger partial charge in [0.1, 0.15) is 16.4 Å².